The number of aromatic nitrogens is 2. The van der Waals surface area contributed by atoms with Crippen LogP contribution in [0.15, 0.2) is 41.3 Å². The molecule has 5 nitrogen and oxygen atoms in total. The molecule has 0 saturated heterocycles. The number of nitrogens with zero attached hydrogens (tertiary/aromatic N) is 2. The van der Waals surface area contributed by atoms with Crippen molar-refractivity contribution in [1.29, 1.82) is 0 Å². The summed E-state index contributed by atoms with van der Waals surface area (Å²) in [6.07, 6.45) is 3.24. The van der Waals surface area contributed by atoms with E-state index in [0.717, 1.165) is 15.7 Å². The molecule has 20 heavy (non-hydrogen) atoms. The van der Waals surface area contributed by atoms with Crippen molar-refractivity contribution in [2.24, 2.45) is 0 Å². The number of methoxy groups -OCH3 is 1. The van der Waals surface area contributed by atoms with Crippen LogP contribution >= 0.6 is 15.9 Å². The zero-order chi connectivity index (χ0) is 14.4. The molecule has 1 aromatic carbocycles. The van der Waals surface area contributed by atoms with Gasteiger partial charge in [-0.25, -0.2) is 14.8 Å². The van der Waals surface area contributed by atoms with E-state index in [1.807, 2.05) is 12.1 Å². The Labute approximate surface area is 125 Å². The van der Waals surface area contributed by atoms with Crippen LogP contribution in [0.1, 0.15) is 21.6 Å². The molecule has 0 unspecified atom stereocenters. The number of carbonyl (C=O) groups excluding carboxylic acids is 1. The molecule has 1 aromatic heterocycles. The van der Waals surface area contributed by atoms with Crippen molar-refractivity contribution < 1.29 is 9.53 Å². The molecule has 0 spiro atoms. The van der Waals surface area contributed by atoms with Gasteiger partial charge in [0.15, 0.2) is 0 Å². The molecule has 2 aromatic rings. The van der Waals surface area contributed by atoms with Crippen molar-refractivity contribution in [3.8, 4) is 0 Å². The van der Waals surface area contributed by atoms with Gasteiger partial charge in [-0.1, -0.05) is 22.0 Å². The van der Waals surface area contributed by atoms with Crippen molar-refractivity contribution >= 4 is 21.9 Å². The van der Waals surface area contributed by atoms with E-state index in [0.29, 0.717) is 18.7 Å². The highest BCUT2D eigenvalue weighted by Crippen LogP contribution is 2.19. The third kappa shape index (κ3) is 3.85. The van der Waals surface area contributed by atoms with Crippen molar-refractivity contribution in [3.63, 3.8) is 0 Å². The summed E-state index contributed by atoms with van der Waals surface area (Å²) in [6, 6.07) is 7.26. The van der Waals surface area contributed by atoms with Crippen molar-refractivity contribution in [3.05, 3.63) is 58.1 Å². The Bertz CT molecular complexity index is 590. The molecule has 0 aliphatic heterocycles. The van der Waals surface area contributed by atoms with Crippen molar-refractivity contribution in [2.45, 2.75) is 13.1 Å². The molecule has 0 aliphatic rings. The van der Waals surface area contributed by atoms with Crippen LogP contribution < -0.4 is 5.32 Å². The van der Waals surface area contributed by atoms with Gasteiger partial charge in [-0.3, -0.25) is 0 Å². The lowest BCUT2D eigenvalue weighted by Crippen LogP contribution is -2.14. The van der Waals surface area contributed by atoms with Crippen LogP contribution in [-0.2, 0) is 17.8 Å². The van der Waals surface area contributed by atoms with Crippen LogP contribution in [0.25, 0.3) is 0 Å². The highest BCUT2D eigenvalue weighted by atomic mass is 79.9. The number of hydrogen-bond donors (Lipinski definition) is 1. The fourth-order valence-corrected chi connectivity index (χ4v) is 2.20. The van der Waals surface area contributed by atoms with E-state index in [1.165, 1.54) is 13.4 Å². The third-order valence-corrected chi connectivity index (χ3v) is 3.48. The minimum absolute atomic E-state index is 0.341. The van der Waals surface area contributed by atoms with E-state index in [4.69, 9.17) is 0 Å². The van der Waals surface area contributed by atoms with Gasteiger partial charge < -0.3 is 10.1 Å². The highest BCUT2D eigenvalue weighted by molar-refractivity contribution is 9.10. The topological polar surface area (TPSA) is 64.1 Å². The van der Waals surface area contributed by atoms with Gasteiger partial charge in [0.05, 0.1) is 18.4 Å². The molecule has 0 fully saturated rings. The first kappa shape index (κ1) is 14.6. The molecule has 2 rings (SSSR count). The summed E-state index contributed by atoms with van der Waals surface area (Å²) in [4.78, 5) is 19.4. The van der Waals surface area contributed by atoms with E-state index in [2.05, 4.69) is 36.0 Å². The summed E-state index contributed by atoms with van der Waals surface area (Å²) in [5.74, 6) is -0.341. The normalized spacial score (nSPS) is 10.3. The van der Waals surface area contributed by atoms with E-state index in [-0.39, 0.29) is 5.97 Å². The Balaban J connectivity index is 1.95. The standard InChI is InChI=1S/C14H14BrN3O2/c1-20-14(19)10-2-3-11(13(15)6-10)7-17-8-12-4-5-16-9-18-12/h2-6,9,17H,7-8H2,1H3. The first-order valence-electron chi connectivity index (χ1n) is 6.03. The van der Waals surface area contributed by atoms with Crippen molar-refractivity contribution in [1.82, 2.24) is 15.3 Å². The molecular formula is C14H14BrN3O2. The van der Waals surface area contributed by atoms with Gasteiger partial charge in [0.25, 0.3) is 0 Å². The monoisotopic (exact) mass is 335 g/mol. The summed E-state index contributed by atoms with van der Waals surface area (Å²) in [7, 11) is 1.37. The molecular weight excluding hydrogens is 322 g/mol. The minimum Gasteiger partial charge on any atom is -0.465 e. The summed E-state index contributed by atoms with van der Waals surface area (Å²) in [5, 5.41) is 3.29. The molecule has 1 N–H and O–H groups in total. The molecule has 0 atom stereocenters. The molecule has 0 bridgehead atoms. The number of hydrogen-bond acceptors (Lipinski definition) is 5. The summed E-state index contributed by atoms with van der Waals surface area (Å²) in [5.41, 5.74) is 2.52. The lowest BCUT2D eigenvalue weighted by Gasteiger charge is -2.08. The highest BCUT2D eigenvalue weighted by Gasteiger charge is 2.08. The zero-order valence-corrected chi connectivity index (χ0v) is 12.6. The fraction of sp³-hybridized carbons (Fsp3) is 0.214. The van der Waals surface area contributed by atoms with Gasteiger partial charge in [0.1, 0.15) is 6.33 Å². The van der Waals surface area contributed by atoms with Gasteiger partial charge in [-0.15, -0.1) is 0 Å². The van der Waals surface area contributed by atoms with Crippen LogP contribution in [-0.4, -0.2) is 23.0 Å². The van der Waals surface area contributed by atoms with Crippen LogP contribution in [0.3, 0.4) is 0 Å². The molecule has 0 amide bonds. The second-order valence-corrected chi connectivity index (χ2v) is 4.96. The SMILES string of the molecule is COC(=O)c1ccc(CNCc2ccncn2)c(Br)c1. The second kappa shape index (κ2) is 7.12. The number of nitrogens with one attached hydrogen (secondary N) is 1. The Hall–Kier alpha value is -1.79. The number of rotatable bonds is 5. The molecule has 0 saturated carbocycles. The van der Waals surface area contributed by atoms with Crippen molar-refractivity contribution in [2.75, 3.05) is 7.11 Å². The average molecular weight is 336 g/mol. The number of halogens is 1. The summed E-state index contributed by atoms with van der Waals surface area (Å²) >= 11 is 3.46. The van der Waals surface area contributed by atoms with E-state index in [9.17, 15) is 4.79 Å². The smallest absolute Gasteiger partial charge is 0.337 e. The van der Waals surface area contributed by atoms with Crippen LogP contribution in [0, 0.1) is 0 Å². The lowest BCUT2D eigenvalue weighted by atomic mass is 10.1. The van der Waals surface area contributed by atoms with Crippen LogP contribution in [0.5, 0.6) is 0 Å². The van der Waals surface area contributed by atoms with Crippen LogP contribution in [0.2, 0.25) is 0 Å². The maximum absolute atomic E-state index is 11.4. The van der Waals surface area contributed by atoms with Gasteiger partial charge in [-0.05, 0) is 23.8 Å². The first-order chi connectivity index (χ1) is 9.70. The third-order valence-electron chi connectivity index (χ3n) is 2.74. The Kier molecular flexibility index (Phi) is 5.20. The number of ether oxygens (including phenoxy) is 1. The maximum atomic E-state index is 11.4. The largest absolute Gasteiger partial charge is 0.465 e. The van der Waals surface area contributed by atoms with E-state index in [1.54, 1.807) is 18.3 Å². The summed E-state index contributed by atoms with van der Waals surface area (Å²) < 4.78 is 5.55. The summed E-state index contributed by atoms with van der Waals surface area (Å²) in [6.45, 7) is 1.33. The van der Waals surface area contributed by atoms with E-state index >= 15 is 0 Å². The molecule has 0 aliphatic carbocycles. The predicted octanol–water partition coefficient (Wildman–Crippen LogP) is 2.32. The lowest BCUT2D eigenvalue weighted by molar-refractivity contribution is 0.0600. The van der Waals surface area contributed by atoms with Gasteiger partial charge in [0, 0.05) is 23.8 Å². The maximum Gasteiger partial charge on any atom is 0.337 e. The van der Waals surface area contributed by atoms with Crippen LogP contribution in [0.4, 0.5) is 0 Å². The zero-order valence-electron chi connectivity index (χ0n) is 11.0. The molecule has 104 valence electrons. The number of benzene rings is 1. The molecule has 1 heterocycles. The fourth-order valence-electron chi connectivity index (χ4n) is 1.68. The van der Waals surface area contributed by atoms with Gasteiger partial charge in [0.2, 0.25) is 0 Å². The Morgan fingerprint density at radius 3 is 2.85 bits per heavy atom. The first-order valence-corrected chi connectivity index (χ1v) is 6.82. The van der Waals surface area contributed by atoms with Gasteiger partial charge in [-0.2, -0.15) is 0 Å². The number of esters is 1. The minimum atomic E-state index is -0.341. The second-order valence-electron chi connectivity index (χ2n) is 4.10. The molecule has 0 radical (unpaired) electrons. The van der Waals surface area contributed by atoms with E-state index < -0.39 is 0 Å². The Morgan fingerprint density at radius 2 is 2.20 bits per heavy atom. The molecule has 6 heteroatoms. The number of carbonyl (C=O) groups is 1. The quantitative estimate of drug-likeness (QED) is 0.849. The average Bonchev–Trinajstić information content (AvgIpc) is 2.49. The Morgan fingerprint density at radius 1 is 1.35 bits per heavy atom. The van der Waals surface area contributed by atoms with Gasteiger partial charge >= 0.3 is 5.97 Å². The predicted molar refractivity (Wildman–Crippen MR) is 78.1 cm³/mol.